The average molecular weight is 247 g/mol. The molecule has 0 fully saturated rings. The Morgan fingerprint density at radius 2 is 2.29 bits per heavy atom. The Labute approximate surface area is 103 Å². The van der Waals surface area contributed by atoms with Gasteiger partial charge in [-0.15, -0.1) is 0 Å². The molecule has 0 saturated heterocycles. The zero-order valence-electron chi connectivity index (χ0n) is 9.24. The molecule has 5 heteroatoms. The summed E-state index contributed by atoms with van der Waals surface area (Å²) in [6.45, 7) is 1.96. The van der Waals surface area contributed by atoms with E-state index in [2.05, 4.69) is 9.97 Å². The number of anilines is 1. The normalized spacial score (nSPS) is 11.2. The Morgan fingerprint density at radius 1 is 1.47 bits per heavy atom. The number of aromatic amines is 1. The molecule has 0 aliphatic rings. The number of H-pyrrole nitrogens is 1. The lowest BCUT2D eigenvalue weighted by molar-refractivity contribution is 1.19. The topological polar surface area (TPSA) is 59.1 Å². The highest BCUT2D eigenvalue weighted by molar-refractivity contribution is 6.33. The second-order valence-electron chi connectivity index (χ2n) is 3.94. The summed E-state index contributed by atoms with van der Waals surface area (Å²) in [5, 5.41) is 0.644. The molecule has 17 heavy (non-hydrogen) atoms. The first-order valence-electron chi connectivity index (χ1n) is 5.24. The van der Waals surface area contributed by atoms with E-state index >= 15 is 0 Å². The lowest BCUT2D eigenvalue weighted by Gasteiger charge is -2.00. The van der Waals surface area contributed by atoms with E-state index in [0.29, 0.717) is 10.8 Å². The number of pyridine rings is 1. The predicted molar refractivity (Wildman–Crippen MR) is 69.1 cm³/mol. The second-order valence-corrected chi connectivity index (χ2v) is 4.35. The lowest BCUT2D eigenvalue weighted by atomic mass is 10.2. The summed E-state index contributed by atoms with van der Waals surface area (Å²) in [6.07, 6.45) is 3.81. The summed E-state index contributed by atoms with van der Waals surface area (Å²) in [7, 11) is 0. The van der Waals surface area contributed by atoms with Crippen LogP contribution >= 0.6 is 11.6 Å². The van der Waals surface area contributed by atoms with E-state index in [1.165, 1.54) is 0 Å². The first-order chi connectivity index (χ1) is 8.16. The summed E-state index contributed by atoms with van der Waals surface area (Å²) in [5.41, 5.74) is 9.41. The molecular formula is C12H11ClN4. The molecule has 4 nitrogen and oxygen atoms in total. The number of rotatable bonds is 1. The fourth-order valence-corrected chi connectivity index (χ4v) is 2.25. The average Bonchev–Trinajstić information content (AvgIpc) is 2.82. The van der Waals surface area contributed by atoms with Crippen molar-refractivity contribution in [2.24, 2.45) is 0 Å². The van der Waals surface area contributed by atoms with E-state index in [9.17, 15) is 0 Å². The Kier molecular flexibility index (Phi) is 2.12. The minimum Gasteiger partial charge on any atom is -0.385 e. The molecule has 0 radical (unpaired) electrons. The maximum absolute atomic E-state index is 6.12. The highest BCUT2D eigenvalue weighted by Crippen LogP contribution is 2.28. The minimum atomic E-state index is 0.636. The molecule has 0 bridgehead atoms. The van der Waals surface area contributed by atoms with Gasteiger partial charge in [-0.3, -0.25) is 4.40 Å². The molecule has 0 unspecified atom stereocenters. The molecule has 3 rings (SSSR count). The number of nitrogen functional groups attached to an aromatic ring is 1. The lowest BCUT2D eigenvalue weighted by Crippen LogP contribution is -1.87. The maximum Gasteiger partial charge on any atom is 0.156 e. The van der Waals surface area contributed by atoms with Crippen molar-refractivity contribution in [1.82, 2.24) is 14.4 Å². The second kappa shape index (κ2) is 3.53. The van der Waals surface area contributed by atoms with Crippen LogP contribution in [0.2, 0.25) is 5.02 Å². The molecule has 0 saturated carbocycles. The van der Waals surface area contributed by atoms with Crippen molar-refractivity contribution in [3.63, 3.8) is 0 Å². The molecule has 0 aromatic carbocycles. The number of aromatic nitrogens is 3. The zero-order valence-corrected chi connectivity index (χ0v) is 9.99. The first kappa shape index (κ1) is 10.2. The summed E-state index contributed by atoms with van der Waals surface area (Å²) < 4.78 is 1.97. The molecule has 0 atom stereocenters. The predicted octanol–water partition coefficient (Wildman–Crippen LogP) is 2.87. The van der Waals surface area contributed by atoms with Crippen LogP contribution in [0.1, 0.15) is 5.69 Å². The van der Waals surface area contributed by atoms with Gasteiger partial charge in [0.05, 0.1) is 16.4 Å². The molecule has 86 valence electrons. The zero-order chi connectivity index (χ0) is 12.0. The van der Waals surface area contributed by atoms with Gasteiger partial charge in [0.2, 0.25) is 0 Å². The van der Waals surface area contributed by atoms with Crippen molar-refractivity contribution in [2.75, 3.05) is 5.73 Å². The van der Waals surface area contributed by atoms with Gasteiger partial charge in [-0.05, 0) is 25.1 Å². The van der Waals surface area contributed by atoms with E-state index in [4.69, 9.17) is 17.3 Å². The van der Waals surface area contributed by atoms with Crippen molar-refractivity contribution in [3.05, 3.63) is 41.3 Å². The van der Waals surface area contributed by atoms with Crippen molar-refractivity contribution < 1.29 is 0 Å². The fraction of sp³-hybridized carbons (Fsp3) is 0.0833. The number of hydrogen-bond donors (Lipinski definition) is 2. The van der Waals surface area contributed by atoms with Crippen molar-refractivity contribution in [3.8, 4) is 11.3 Å². The Morgan fingerprint density at radius 3 is 3.00 bits per heavy atom. The third-order valence-corrected chi connectivity index (χ3v) is 3.05. The third-order valence-electron chi connectivity index (χ3n) is 2.76. The maximum atomic E-state index is 6.12. The van der Waals surface area contributed by atoms with Crippen LogP contribution < -0.4 is 5.73 Å². The highest BCUT2D eigenvalue weighted by atomic mass is 35.5. The minimum absolute atomic E-state index is 0.636. The van der Waals surface area contributed by atoms with Crippen LogP contribution in [0.5, 0.6) is 0 Å². The van der Waals surface area contributed by atoms with Gasteiger partial charge in [-0.25, -0.2) is 4.98 Å². The summed E-state index contributed by atoms with van der Waals surface area (Å²) in [5.74, 6) is 0.636. The van der Waals surface area contributed by atoms with E-state index in [-0.39, 0.29) is 0 Å². The number of aryl methyl sites for hydroxylation is 1. The molecule has 3 aromatic heterocycles. The van der Waals surface area contributed by atoms with Crippen LogP contribution in [0.15, 0.2) is 30.6 Å². The van der Waals surface area contributed by atoms with Crippen molar-refractivity contribution in [2.45, 2.75) is 6.92 Å². The van der Waals surface area contributed by atoms with E-state index < -0.39 is 0 Å². The number of nitrogens with one attached hydrogen (secondary N) is 1. The van der Waals surface area contributed by atoms with E-state index in [1.54, 1.807) is 0 Å². The smallest absolute Gasteiger partial charge is 0.156 e. The summed E-state index contributed by atoms with van der Waals surface area (Å²) in [4.78, 5) is 7.44. The number of nitrogens with two attached hydrogens (primary N) is 1. The van der Waals surface area contributed by atoms with Gasteiger partial charge in [0.25, 0.3) is 0 Å². The largest absolute Gasteiger partial charge is 0.385 e. The Hall–Kier alpha value is -1.94. The molecule has 0 aliphatic carbocycles. The Balaban J connectivity index is 2.36. The van der Waals surface area contributed by atoms with E-state index in [1.807, 2.05) is 41.9 Å². The molecule has 0 aliphatic heterocycles. The number of nitrogens with zero attached hydrogens (tertiary/aromatic N) is 2. The van der Waals surface area contributed by atoms with Gasteiger partial charge in [0.15, 0.2) is 5.65 Å². The molecular weight excluding hydrogens is 236 g/mol. The molecule has 0 spiro atoms. The molecule has 3 N–H and O–H groups in total. The van der Waals surface area contributed by atoms with Crippen LogP contribution in [0.4, 0.5) is 5.82 Å². The van der Waals surface area contributed by atoms with Crippen molar-refractivity contribution in [1.29, 1.82) is 0 Å². The standard InChI is InChI=1S/C12H11ClN4/c1-7-11(8-5-10(14)15-6-8)17-4-2-3-9(13)12(17)16-7/h2-6,15H,14H2,1H3. The Bertz CT molecular complexity index is 696. The quantitative estimate of drug-likeness (QED) is 0.694. The molecule has 3 aromatic rings. The van der Waals surface area contributed by atoms with Gasteiger partial charge in [-0.1, -0.05) is 11.6 Å². The molecule has 0 amide bonds. The number of halogens is 1. The fourth-order valence-electron chi connectivity index (χ4n) is 2.04. The highest BCUT2D eigenvalue weighted by Gasteiger charge is 2.13. The summed E-state index contributed by atoms with van der Waals surface area (Å²) in [6, 6.07) is 5.62. The van der Waals surface area contributed by atoms with Gasteiger partial charge in [0, 0.05) is 18.0 Å². The van der Waals surface area contributed by atoms with Crippen molar-refractivity contribution >= 4 is 23.1 Å². The van der Waals surface area contributed by atoms with Crippen LogP contribution in [0.25, 0.3) is 16.9 Å². The SMILES string of the molecule is Cc1nc2c(Cl)cccn2c1-c1c[nH]c(N)c1. The summed E-state index contributed by atoms with van der Waals surface area (Å²) >= 11 is 6.12. The number of imidazole rings is 1. The van der Waals surface area contributed by atoms with Gasteiger partial charge in [0.1, 0.15) is 5.82 Å². The van der Waals surface area contributed by atoms with Gasteiger partial charge >= 0.3 is 0 Å². The molecule has 3 heterocycles. The number of hydrogen-bond acceptors (Lipinski definition) is 2. The van der Waals surface area contributed by atoms with E-state index in [0.717, 1.165) is 22.6 Å². The van der Waals surface area contributed by atoms with Crippen LogP contribution in [-0.4, -0.2) is 14.4 Å². The van der Waals surface area contributed by atoms with Gasteiger partial charge < -0.3 is 10.7 Å². The monoisotopic (exact) mass is 246 g/mol. The van der Waals surface area contributed by atoms with Crippen LogP contribution in [-0.2, 0) is 0 Å². The number of fused-ring (bicyclic) bond motifs is 1. The first-order valence-corrected chi connectivity index (χ1v) is 5.62. The van der Waals surface area contributed by atoms with Crippen LogP contribution in [0.3, 0.4) is 0 Å². The third kappa shape index (κ3) is 1.49. The van der Waals surface area contributed by atoms with Crippen LogP contribution in [0, 0.1) is 6.92 Å². The van der Waals surface area contributed by atoms with Gasteiger partial charge in [-0.2, -0.15) is 0 Å².